The average Bonchev–Trinajstić information content (AvgIpc) is 3.26. The molecule has 1 aliphatic rings. The van der Waals surface area contributed by atoms with E-state index in [-0.39, 0.29) is 25.1 Å². The fraction of sp³-hybridized carbons (Fsp3) is 0.560. The van der Waals surface area contributed by atoms with Gasteiger partial charge >= 0.3 is 0 Å². The molecule has 1 amide bonds. The van der Waals surface area contributed by atoms with Gasteiger partial charge in [-0.25, -0.2) is 0 Å². The Bertz CT molecular complexity index is 903. The topological polar surface area (TPSA) is 71.5 Å². The summed E-state index contributed by atoms with van der Waals surface area (Å²) in [6.45, 7) is 7.01. The first kappa shape index (κ1) is 25.6. The van der Waals surface area contributed by atoms with Crippen LogP contribution in [0.2, 0.25) is 0 Å². The number of ether oxygens (including phenoxy) is 3. The highest BCUT2D eigenvalue weighted by molar-refractivity contribution is 7.10. The largest absolute Gasteiger partial charge is 0.491 e. The predicted octanol–water partition coefficient (Wildman–Crippen LogP) is 2.83. The Labute approximate surface area is 200 Å². The number of aliphatic hydroxyl groups is 1. The van der Waals surface area contributed by atoms with Gasteiger partial charge < -0.3 is 24.2 Å². The standard InChI is InChI=1S/C25H36N2O5S/c1-18-5-6-23(19(2)13-18)32-17-22-21-8-12-33-24(21)7-9-27(22)25(29)15-26(10-11-30-3)14-20(28)16-31-4/h5-6,8,12-13,20,22,28H,7,9-11,14-17H2,1-4H3/t20-,22-/m0/s1. The minimum Gasteiger partial charge on any atom is -0.491 e. The van der Waals surface area contributed by atoms with E-state index in [1.807, 2.05) is 28.9 Å². The van der Waals surface area contributed by atoms with Crippen LogP contribution < -0.4 is 4.74 Å². The Hall–Kier alpha value is -1.97. The molecule has 1 aliphatic heterocycles. The normalized spacial score (nSPS) is 16.7. The molecule has 2 aromatic rings. The first-order valence-corrected chi connectivity index (χ1v) is 12.2. The zero-order valence-electron chi connectivity index (χ0n) is 20.1. The van der Waals surface area contributed by atoms with Gasteiger partial charge in [0.15, 0.2) is 0 Å². The number of fused-ring (bicyclic) bond motifs is 1. The summed E-state index contributed by atoms with van der Waals surface area (Å²) in [5.41, 5.74) is 3.46. The fourth-order valence-corrected chi connectivity index (χ4v) is 5.21. The third kappa shape index (κ3) is 7.01. The highest BCUT2D eigenvalue weighted by Gasteiger charge is 2.33. The molecule has 2 atom stereocenters. The third-order valence-corrected chi connectivity index (χ3v) is 6.94. The third-order valence-electron chi connectivity index (χ3n) is 5.94. The van der Waals surface area contributed by atoms with Gasteiger partial charge in [-0.1, -0.05) is 17.7 Å². The van der Waals surface area contributed by atoms with Crippen LogP contribution in [0.15, 0.2) is 29.6 Å². The summed E-state index contributed by atoms with van der Waals surface area (Å²) in [6, 6.07) is 8.12. The lowest BCUT2D eigenvalue weighted by atomic mass is 10.00. The summed E-state index contributed by atoms with van der Waals surface area (Å²) in [5, 5.41) is 12.3. The lowest BCUT2D eigenvalue weighted by Gasteiger charge is -2.37. The van der Waals surface area contributed by atoms with E-state index in [1.165, 1.54) is 16.0 Å². The maximum absolute atomic E-state index is 13.5. The van der Waals surface area contributed by atoms with Crippen molar-refractivity contribution in [3.8, 4) is 5.75 Å². The number of hydrogen-bond donors (Lipinski definition) is 1. The summed E-state index contributed by atoms with van der Waals surface area (Å²) in [5.74, 6) is 0.876. The Balaban J connectivity index is 1.73. The van der Waals surface area contributed by atoms with E-state index in [4.69, 9.17) is 14.2 Å². The van der Waals surface area contributed by atoms with Crippen LogP contribution >= 0.6 is 11.3 Å². The Morgan fingerprint density at radius 1 is 1.27 bits per heavy atom. The van der Waals surface area contributed by atoms with Gasteiger partial charge in [-0.15, -0.1) is 11.3 Å². The van der Waals surface area contributed by atoms with Gasteiger partial charge in [0.05, 0.1) is 31.9 Å². The second-order valence-electron chi connectivity index (χ2n) is 8.57. The van der Waals surface area contributed by atoms with E-state index in [2.05, 4.69) is 24.4 Å². The molecule has 8 heteroatoms. The fourth-order valence-electron chi connectivity index (χ4n) is 4.29. The molecule has 2 heterocycles. The highest BCUT2D eigenvalue weighted by Crippen LogP contribution is 2.34. The second kappa shape index (κ2) is 12.5. The summed E-state index contributed by atoms with van der Waals surface area (Å²) in [6.07, 6.45) is 0.191. The molecule has 1 aromatic carbocycles. The highest BCUT2D eigenvalue weighted by atomic mass is 32.1. The van der Waals surface area contributed by atoms with Crippen LogP contribution in [0.25, 0.3) is 0 Å². The average molecular weight is 477 g/mol. The second-order valence-corrected chi connectivity index (χ2v) is 9.57. The first-order valence-electron chi connectivity index (χ1n) is 11.4. The van der Waals surface area contributed by atoms with Crippen molar-refractivity contribution in [2.75, 3.05) is 60.2 Å². The zero-order chi connectivity index (χ0) is 23.8. The van der Waals surface area contributed by atoms with Crippen LogP contribution in [0.5, 0.6) is 5.75 Å². The van der Waals surface area contributed by atoms with Gasteiger partial charge in [-0.3, -0.25) is 9.69 Å². The number of methoxy groups -OCH3 is 2. The van der Waals surface area contributed by atoms with Crippen LogP contribution in [0.4, 0.5) is 0 Å². The molecule has 0 radical (unpaired) electrons. The van der Waals surface area contributed by atoms with Crippen LogP contribution in [0, 0.1) is 13.8 Å². The number of benzene rings is 1. The zero-order valence-corrected chi connectivity index (χ0v) is 20.9. The first-order chi connectivity index (χ1) is 15.9. The smallest absolute Gasteiger partial charge is 0.237 e. The number of hydrogen-bond acceptors (Lipinski definition) is 7. The number of aliphatic hydroxyl groups excluding tert-OH is 1. The van der Waals surface area contributed by atoms with Crippen LogP contribution in [-0.4, -0.2) is 87.1 Å². The summed E-state index contributed by atoms with van der Waals surface area (Å²) < 4.78 is 16.5. The van der Waals surface area contributed by atoms with Gasteiger partial charge in [-0.2, -0.15) is 0 Å². The van der Waals surface area contributed by atoms with Gasteiger partial charge in [-0.05, 0) is 48.9 Å². The van der Waals surface area contributed by atoms with Gasteiger partial charge in [0.2, 0.25) is 5.91 Å². The molecular weight excluding hydrogens is 440 g/mol. The molecular formula is C25H36N2O5S. The number of carbonyl (C=O) groups excluding carboxylic acids is 1. The SMILES string of the molecule is COCCN(CC(=O)N1CCc2sccc2[C@@H]1COc1ccc(C)cc1C)C[C@H](O)COC. The lowest BCUT2D eigenvalue weighted by Crippen LogP contribution is -2.48. The molecule has 33 heavy (non-hydrogen) atoms. The van der Waals surface area contributed by atoms with E-state index < -0.39 is 6.10 Å². The molecule has 7 nitrogen and oxygen atoms in total. The lowest BCUT2D eigenvalue weighted by molar-refractivity contribution is -0.136. The van der Waals surface area contributed by atoms with E-state index in [0.29, 0.717) is 32.8 Å². The molecule has 0 saturated heterocycles. The van der Waals surface area contributed by atoms with E-state index in [1.54, 1.807) is 25.6 Å². The predicted molar refractivity (Wildman–Crippen MR) is 130 cm³/mol. The van der Waals surface area contributed by atoms with E-state index in [0.717, 1.165) is 17.7 Å². The van der Waals surface area contributed by atoms with Crippen LogP contribution in [0.3, 0.4) is 0 Å². The number of rotatable bonds is 12. The van der Waals surface area contributed by atoms with Gasteiger partial charge in [0.25, 0.3) is 0 Å². The number of carbonyl (C=O) groups is 1. The summed E-state index contributed by atoms with van der Waals surface area (Å²) >= 11 is 1.74. The molecule has 0 fully saturated rings. The quantitative estimate of drug-likeness (QED) is 0.508. The molecule has 0 saturated carbocycles. The van der Waals surface area contributed by atoms with Crippen molar-refractivity contribution in [3.63, 3.8) is 0 Å². The van der Waals surface area contributed by atoms with E-state index in [9.17, 15) is 9.90 Å². The molecule has 0 bridgehead atoms. The minimum absolute atomic E-state index is 0.0294. The maximum atomic E-state index is 13.5. The molecule has 1 N–H and O–H groups in total. The number of nitrogens with zero attached hydrogens (tertiary/aromatic N) is 2. The van der Waals surface area contributed by atoms with Crippen molar-refractivity contribution in [1.82, 2.24) is 9.80 Å². The number of amides is 1. The molecule has 0 aliphatic carbocycles. The van der Waals surface area contributed by atoms with Crippen molar-refractivity contribution in [3.05, 3.63) is 51.2 Å². The Kier molecular flexibility index (Phi) is 9.70. The van der Waals surface area contributed by atoms with Gasteiger partial charge in [0.1, 0.15) is 12.4 Å². The monoisotopic (exact) mass is 476 g/mol. The Morgan fingerprint density at radius 3 is 2.82 bits per heavy atom. The van der Waals surface area contributed by atoms with Crippen molar-refractivity contribution in [2.45, 2.75) is 32.4 Å². The summed E-state index contributed by atoms with van der Waals surface area (Å²) in [4.78, 5) is 18.6. The molecule has 1 aromatic heterocycles. The van der Waals surface area contributed by atoms with Gasteiger partial charge in [0, 0.05) is 38.7 Å². The van der Waals surface area contributed by atoms with Crippen molar-refractivity contribution in [2.24, 2.45) is 0 Å². The van der Waals surface area contributed by atoms with Crippen molar-refractivity contribution >= 4 is 17.2 Å². The maximum Gasteiger partial charge on any atom is 0.237 e. The van der Waals surface area contributed by atoms with E-state index >= 15 is 0 Å². The number of thiophene rings is 1. The summed E-state index contributed by atoms with van der Waals surface area (Å²) in [7, 11) is 3.19. The van der Waals surface area contributed by atoms with Crippen LogP contribution in [-0.2, 0) is 20.7 Å². The van der Waals surface area contributed by atoms with Crippen molar-refractivity contribution < 1.29 is 24.1 Å². The minimum atomic E-state index is -0.659. The molecule has 182 valence electrons. The number of aryl methyl sites for hydroxylation is 2. The Morgan fingerprint density at radius 2 is 2.09 bits per heavy atom. The molecule has 3 rings (SSSR count). The molecule has 0 spiro atoms. The van der Waals surface area contributed by atoms with Crippen LogP contribution in [0.1, 0.15) is 27.6 Å². The molecule has 0 unspecified atom stereocenters. The van der Waals surface area contributed by atoms with Crippen molar-refractivity contribution in [1.29, 1.82) is 0 Å².